The Morgan fingerprint density at radius 2 is 1.81 bits per heavy atom. The van der Waals surface area contributed by atoms with Gasteiger partial charge in [-0.1, -0.05) is 30.3 Å². The highest BCUT2D eigenvalue weighted by atomic mass is 16.5. The van der Waals surface area contributed by atoms with Gasteiger partial charge >= 0.3 is 5.97 Å². The number of anilines is 1. The van der Waals surface area contributed by atoms with E-state index < -0.39 is 12.0 Å². The smallest absolute Gasteiger partial charge is 0.338 e. The molecule has 3 rings (SSSR count). The van der Waals surface area contributed by atoms with Crippen LogP contribution in [0.25, 0.3) is 0 Å². The van der Waals surface area contributed by atoms with Crippen LogP contribution in [0.4, 0.5) is 5.69 Å². The second-order valence-electron chi connectivity index (χ2n) is 5.96. The van der Waals surface area contributed by atoms with Crippen LogP contribution in [-0.2, 0) is 20.9 Å². The van der Waals surface area contributed by atoms with Crippen LogP contribution in [0.15, 0.2) is 54.6 Å². The predicted molar refractivity (Wildman–Crippen MR) is 96.6 cm³/mol. The monoisotopic (exact) mass is 352 g/mol. The lowest BCUT2D eigenvalue weighted by Crippen LogP contribution is -2.38. The molecule has 0 spiro atoms. The van der Waals surface area contributed by atoms with Gasteiger partial charge in [0.2, 0.25) is 5.91 Å². The van der Waals surface area contributed by atoms with Gasteiger partial charge in [0, 0.05) is 6.54 Å². The number of esters is 1. The van der Waals surface area contributed by atoms with Crippen molar-refractivity contribution in [3.63, 3.8) is 0 Å². The molecule has 6 heteroatoms. The van der Waals surface area contributed by atoms with Crippen molar-refractivity contribution in [1.29, 1.82) is 0 Å². The van der Waals surface area contributed by atoms with E-state index in [9.17, 15) is 14.4 Å². The number of amides is 2. The molecule has 0 saturated carbocycles. The molecule has 2 aromatic carbocycles. The molecule has 134 valence electrons. The molecule has 0 radical (unpaired) electrons. The Labute approximate surface area is 151 Å². The molecule has 1 atom stereocenters. The molecule has 1 heterocycles. The van der Waals surface area contributed by atoms with Crippen LogP contribution in [-0.4, -0.2) is 30.4 Å². The zero-order valence-electron chi connectivity index (χ0n) is 14.5. The average Bonchev–Trinajstić information content (AvgIpc) is 2.95. The lowest BCUT2D eigenvalue weighted by atomic mass is 10.2. The minimum absolute atomic E-state index is 0.116. The van der Waals surface area contributed by atoms with Gasteiger partial charge in [-0.3, -0.25) is 9.59 Å². The zero-order chi connectivity index (χ0) is 18.5. The quantitative estimate of drug-likeness (QED) is 0.638. The summed E-state index contributed by atoms with van der Waals surface area (Å²) < 4.78 is 4.93. The Morgan fingerprint density at radius 1 is 1.12 bits per heavy atom. The summed E-state index contributed by atoms with van der Waals surface area (Å²) in [6, 6.07) is 15.4. The van der Waals surface area contributed by atoms with Crippen LogP contribution in [0.2, 0.25) is 0 Å². The molecule has 2 aromatic rings. The second-order valence-corrected chi connectivity index (χ2v) is 5.96. The molecular formula is C20H20N2O4. The number of carbonyl (C=O) groups is 3. The highest BCUT2D eigenvalue weighted by Crippen LogP contribution is 2.23. The highest BCUT2D eigenvalue weighted by molar-refractivity contribution is 6.22. The number of carbonyl (C=O) groups excluding carboxylic acids is 3. The number of benzene rings is 2. The molecule has 1 saturated heterocycles. The first-order valence-corrected chi connectivity index (χ1v) is 8.51. The van der Waals surface area contributed by atoms with Crippen LogP contribution in [0.1, 0.15) is 29.3 Å². The maximum Gasteiger partial charge on any atom is 0.338 e. The second kappa shape index (κ2) is 7.93. The summed E-state index contributed by atoms with van der Waals surface area (Å²) in [5, 5.41) is 3.14. The van der Waals surface area contributed by atoms with Crippen LogP contribution in [0, 0.1) is 0 Å². The first kappa shape index (κ1) is 17.8. The summed E-state index contributed by atoms with van der Waals surface area (Å²) in [5.41, 5.74) is 1.88. The predicted octanol–water partition coefficient (Wildman–Crippen LogP) is 2.29. The Kier molecular flexibility index (Phi) is 5.43. The molecule has 0 bridgehead atoms. The summed E-state index contributed by atoms with van der Waals surface area (Å²) >= 11 is 0. The van der Waals surface area contributed by atoms with Crippen molar-refractivity contribution < 1.29 is 19.1 Å². The maximum atomic E-state index is 12.6. The van der Waals surface area contributed by atoms with Crippen molar-refractivity contribution in [2.24, 2.45) is 0 Å². The third-order valence-electron chi connectivity index (χ3n) is 4.18. The van der Waals surface area contributed by atoms with Gasteiger partial charge in [0.05, 0.1) is 30.3 Å². The van der Waals surface area contributed by atoms with Crippen LogP contribution >= 0.6 is 0 Å². The fraction of sp³-hybridized carbons (Fsp3) is 0.250. The molecule has 26 heavy (non-hydrogen) atoms. The lowest BCUT2D eigenvalue weighted by molar-refractivity contribution is -0.121. The van der Waals surface area contributed by atoms with Gasteiger partial charge in [-0.15, -0.1) is 0 Å². The largest absolute Gasteiger partial charge is 0.462 e. The minimum Gasteiger partial charge on any atom is -0.462 e. The van der Waals surface area contributed by atoms with Crippen molar-refractivity contribution in [3.8, 4) is 0 Å². The molecule has 1 fully saturated rings. The average molecular weight is 352 g/mol. The van der Waals surface area contributed by atoms with E-state index in [0.29, 0.717) is 24.4 Å². The summed E-state index contributed by atoms with van der Waals surface area (Å²) in [6.45, 7) is 2.54. The first-order chi connectivity index (χ1) is 12.6. The van der Waals surface area contributed by atoms with Crippen molar-refractivity contribution in [1.82, 2.24) is 5.32 Å². The standard InChI is InChI=1S/C20H20N2O4/c1-2-26-20(25)15-8-10-16(11-9-15)22-18(23)12-17(19(22)24)21-13-14-6-4-3-5-7-14/h3-11,17,21H,2,12-13H2,1H3/t17-/m1/s1. The fourth-order valence-corrected chi connectivity index (χ4v) is 2.86. The molecule has 1 N–H and O–H groups in total. The lowest BCUT2D eigenvalue weighted by Gasteiger charge is -2.16. The number of nitrogens with one attached hydrogen (secondary N) is 1. The van der Waals surface area contributed by atoms with Crippen molar-refractivity contribution >= 4 is 23.5 Å². The highest BCUT2D eigenvalue weighted by Gasteiger charge is 2.39. The van der Waals surface area contributed by atoms with Gasteiger partial charge in [-0.2, -0.15) is 0 Å². The van der Waals surface area contributed by atoms with E-state index in [0.717, 1.165) is 10.5 Å². The molecule has 0 aromatic heterocycles. The van der Waals surface area contributed by atoms with E-state index in [4.69, 9.17) is 4.74 Å². The maximum absolute atomic E-state index is 12.6. The summed E-state index contributed by atoms with van der Waals surface area (Å²) in [4.78, 5) is 37.8. The third-order valence-corrected chi connectivity index (χ3v) is 4.18. The Balaban J connectivity index is 1.67. The summed E-state index contributed by atoms with van der Waals surface area (Å²) in [6.07, 6.45) is 0.116. The SMILES string of the molecule is CCOC(=O)c1ccc(N2C(=O)C[C@@H](NCc3ccccc3)C2=O)cc1. The molecule has 2 amide bonds. The number of hydrogen-bond acceptors (Lipinski definition) is 5. The van der Waals surface area contributed by atoms with E-state index in [1.165, 1.54) is 0 Å². The zero-order valence-corrected chi connectivity index (χ0v) is 14.5. The number of imide groups is 1. The number of nitrogens with zero attached hydrogens (tertiary/aromatic N) is 1. The number of hydrogen-bond donors (Lipinski definition) is 1. The van der Waals surface area contributed by atoms with Crippen molar-refractivity contribution in [2.75, 3.05) is 11.5 Å². The van der Waals surface area contributed by atoms with Crippen molar-refractivity contribution in [3.05, 3.63) is 65.7 Å². The number of rotatable bonds is 6. The first-order valence-electron chi connectivity index (χ1n) is 8.51. The molecule has 1 aliphatic heterocycles. The van der Waals surface area contributed by atoms with E-state index in [2.05, 4.69) is 5.32 Å². The Hall–Kier alpha value is -2.99. The van der Waals surface area contributed by atoms with E-state index in [1.54, 1.807) is 31.2 Å². The third kappa shape index (κ3) is 3.81. The molecule has 0 aliphatic carbocycles. The van der Waals surface area contributed by atoms with E-state index in [-0.39, 0.29) is 18.2 Å². The van der Waals surface area contributed by atoms with E-state index >= 15 is 0 Å². The van der Waals surface area contributed by atoms with E-state index in [1.807, 2.05) is 30.3 Å². The summed E-state index contributed by atoms with van der Waals surface area (Å²) in [7, 11) is 0. The van der Waals surface area contributed by atoms with Gasteiger partial charge in [0.1, 0.15) is 0 Å². The topological polar surface area (TPSA) is 75.7 Å². The summed E-state index contributed by atoms with van der Waals surface area (Å²) in [5.74, 6) is -0.972. The molecular weight excluding hydrogens is 332 g/mol. The Bertz CT molecular complexity index is 802. The van der Waals surface area contributed by atoms with Crippen LogP contribution in [0.5, 0.6) is 0 Å². The fourth-order valence-electron chi connectivity index (χ4n) is 2.86. The van der Waals surface area contributed by atoms with Gasteiger partial charge < -0.3 is 10.1 Å². The molecule has 1 aliphatic rings. The molecule has 0 unspecified atom stereocenters. The normalized spacial score (nSPS) is 16.8. The van der Waals surface area contributed by atoms with Crippen molar-refractivity contribution in [2.45, 2.75) is 25.9 Å². The van der Waals surface area contributed by atoms with Gasteiger partial charge in [0.15, 0.2) is 0 Å². The van der Waals surface area contributed by atoms with Crippen LogP contribution < -0.4 is 10.2 Å². The molecule has 6 nitrogen and oxygen atoms in total. The minimum atomic E-state index is -0.549. The van der Waals surface area contributed by atoms with Gasteiger partial charge in [-0.25, -0.2) is 9.69 Å². The van der Waals surface area contributed by atoms with Gasteiger partial charge in [0.25, 0.3) is 5.91 Å². The van der Waals surface area contributed by atoms with Gasteiger partial charge in [-0.05, 0) is 36.8 Å². The Morgan fingerprint density at radius 3 is 2.46 bits per heavy atom. The number of ether oxygens (including phenoxy) is 1. The van der Waals surface area contributed by atoms with Crippen LogP contribution in [0.3, 0.4) is 0 Å².